The van der Waals surface area contributed by atoms with Crippen LogP contribution in [0.2, 0.25) is 0 Å². The van der Waals surface area contributed by atoms with Crippen LogP contribution in [0.15, 0.2) is 27.7 Å². The number of rotatable bonds is 7. The smallest absolute Gasteiger partial charge is 0.226 e. The van der Waals surface area contributed by atoms with Gasteiger partial charge in [0.15, 0.2) is 5.96 Å². The molecule has 0 bridgehead atoms. The Balaban J connectivity index is 0.00000529. The number of anilines is 1. The summed E-state index contributed by atoms with van der Waals surface area (Å²) in [6.45, 7) is 5.66. The molecule has 0 saturated heterocycles. The molecule has 0 heterocycles. The fraction of sp³-hybridized carbons (Fsp3) is 0.529. The van der Waals surface area contributed by atoms with Crippen LogP contribution in [0.5, 0.6) is 0 Å². The Morgan fingerprint density at radius 2 is 2.08 bits per heavy atom. The summed E-state index contributed by atoms with van der Waals surface area (Å²) in [5.74, 6) is 0.815. The Morgan fingerprint density at radius 3 is 2.71 bits per heavy atom. The SMILES string of the molecule is CCCCN(C)C(=NC)NCCC(=O)Nc1cc(Br)ccc1C.I. The normalized spacial score (nSPS) is 10.8. The third-order valence-corrected chi connectivity index (χ3v) is 4.02. The largest absolute Gasteiger partial charge is 0.356 e. The van der Waals surface area contributed by atoms with Gasteiger partial charge in [0, 0.05) is 43.8 Å². The van der Waals surface area contributed by atoms with Gasteiger partial charge in [-0.2, -0.15) is 0 Å². The molecule has 0 fully saturated rings. The lowest BCUT2D eigenvalue weighted by Gasteiger charge is -2.21. The van der Waals surface area contributed by atoms with Crippen LogP contribution in [0.1, 0.15) is 31.7 Å². The maximum atomic E-state index is 12.1. The van der Waals surface area contributed by atoms with Gasteiger partial charge in [0.2, 0.25) is 5.91 Å². The molecule has 0 radical (unpaired) electrons. The highest BCUT2D eigenvalue weighted by atomic mass is 127. The highest BCUT2D eigenvalue weighted by molar-refractivity contribution is 14.0. The van der Waals surface area contributed by atoms with E-state index in [0.717, 1.165) is 41.1 Å². The third kappa shape index (κ3) is 8.32. The standard InChI is InChI=1S/C17H27BrN4O.HI/c1-5-6-11-22(4)17(19-3)20-10-9-16(23)21-15-12-14(18)8-7-13(15)2;/h7-8,12H,5-6,9-11H2,1-4H3,(H,19,20)(H,21,23);1H. The molecule has 0 aliphatic rings. The van der Waals surface area contributed by atoms with Gasteiger partial charge in [0.25, 0.3) is 0 Å². The van der Waals surface area contributed by atoms with Crippen LogP contribution in [0, 0.1) is 6.92 Å². The number of carbonyl (C=O) groups is 1. The van der Waals surface area contributed by atoms with Gasteiger partial charge in [0.05, 0.1) is 0 Å². The van der Waals surface area contributed by atoms with E-state index in [-0.39, 0.29) is 29.9 Å². The van der Waals surface area contributed by atoms with Crippen molar-refractivity contribution < 1.29 is 4.79 Å². The van der Waals surface area contributed by atoms with Crippen LogP contribution in [-0.4, -0.2) is 44.0 Å². The van der Waals surface area contributed by atoms with Gasteiger partial charge in [-0.3, -0.25) is 9.79 Å². The molecule has 0 atom stereocenters. The van der Waals surface area contributed by atoms with Crippen LogP contribution in [0.25, 0.3) is 0 Å². The van der Waals surface area contributed by atoms with E-state index in [4.69, 9.17) is 0 Å². The molecule has 1 aromatic carbocycles. The number of carbonyl (C=O) groups excluding carboxylic acids is 1. The molecule has 1 amide bonds. The molecule has 0 aromatic heterocycles. The van der Waals surface area contributed by atoms with Gasteiger partial charge in [-0.05, 0) is 31.0 Å². The summed E-state index contributed by atoms with van der Waals surface area (Å²) >= 11 is 3.42. The number of benzene rings is 1. The predicted octanol–water partition coefficient (Wildman–Crippen LogP) is 4.01. The maximum absolute atomic E-state index is 12.1. The van der Waals surface area contributed by atoms with Gasteiger partial charge < -0.3 is 15.5 Å². The average molecular weight is 511 g/mol. The number of nitrogens with zero attached hydrogens (tertiary/aromatic N) is 2. The highest BCUT2D eigenvalue weighted by Crippen LogP contribution is 2.20. The van der Waals surface area contributed by atoms with Crippen molar-refractivity contribution in [3.05, 3.63) is 28.2 Å². The van der Waals surface area contributed by atoms with Gasteiger partial charge >= 0.3 is 0 Å². The summed E-state index contributed by atoms with van der Waals surface area (Å²) in [6, 6.07) is 5.85. The zero-order valence-electron chi connectivity index (χ0n) is 14.9. The Morgan fingerprint density at radius 1 is 1.38 bits per heavy atom. The number of hydrogen-bond acceptors (Lipinski definition) is 2. The Labute approximate surface area is 170 Å². The molecule has 0 saturated carbocycles. The second-order valence-electron chi connectivity index (χ2n) is 5.51. The number of aryl methyl sites for hydroxylation is 1. The number of hydrogen-bond donors (Lipinski definition) is 2. The van der Waals surface area contributed by atoms with Crippen molar-refractivity contribution in [1.29, 1.82) is 0 Å². The number of amides is 1. The first kappa shape index (κ1) is 23.2. The van der Waals surface area contributed by atoms with Crippen LogP contribution >= 0.6 is 39.9 Å². The Hall–Kier alpha value is -0.830. The highest BCUT2D eigenvalue weighted by Gasteiger charge is 2.08. The second-order valence-corrected chi connectivity index (χ2v) is 6.42. The van der Waals surface area contributed by atoms with E-state index < -0.39 is 0 Å². The number of unbranched alkanes of at least 4 members (excludes halogenated alkanes) is 1. The molecule has 0 unspecified atom stereocenters. The zero-order valence-corrected chi connectivity index (χ0v) is 18.8. The van der Waals surface area contributed by atoms with E-state index in [9.17, 15) is 4.79 Å². The molecular formula is C17H28BrIN4O. The summed E-state index contributed by atoms with van der Waals surface area (Å²) in [7, 11) is 3.77. The lowest BCUT2D eigenvalue weighted by Crippen LogP contribution is -2.40. The first-order chi connectivity index (χ1) is 11.0. The molecule has 0 aliphatic heterocycles. The first-order valence-corrected chi connectivity index (χ1v) is 8.75. The number of halogens is 2. The topological polar surface area (TPSA) is 56.7 Å². The summed E-state index contributed by atoms with van der Waals surface area (Å²) in [4.78, 5) is 18.4. The molecule has 1 aromatic rings. The predicted molar refractivity (Wildman–Crippen MR) is 116 cm³/mol. The summed E-state index contributed by atoms with van der Waals surface area (Å²) in [6.07, 6.45) is 2.67. The van der Waals surface area contributed by atoms with Gasteiger partial charge in [0.1, 0.15) is 0 Å². The van der Waals surface area contributed by atoms with Crippen molar-refractivity contribution in [2.45, 2.75) is 33.1 Å². The van der Waals surface area contributed by atoms with E-state index in [0.29, 0.717) is 13.0 Å². The summed E-state index contributed by atoms with van der Waals surface area (Å²) in [5.41, 5.74) is 1.89. The fourth-order valence-electron chi connectivity index (χ4n) is 2.12. The third-order valence-electron chi connectivity index (χ3n) is 3.53. The van der Waals surface area contributed by atoms with Gasteiger partial charge in [-0.1, -0.05) is 35.3 Å². The number of nitrogens with one attached hydrogen (secondary N) is 2. The minimum absolute atomic E-state index is 0. The van der Waals surface area contributed by atoms with Crippen LogP contribution in [0.3, 0.4) is 0 Å². The molecule has 5 nitrogen and oxygen atoms in total. The lowest BCUT2D eigenvalue weighted by atomic mass is 10.2. The second kappa shape index (κ2) is 12.5. The summed E-state index contributed by atoms with van der Waals surface area (Å²) < 4.78 is 0.953. The van der Waals surface area contributed by atoms with Crippen molar-refractivity contribution in [3.63, 3.8) is 0 Å². The quantitative estimate of drug-likeness (QED) is 0.331. The zero-order chi connectivity index (χ0) is 17.2. The molecule has 0 aliphatic carbocycles. The average Bonchev–Trinajstić information content (AvgIpc) is 2.52. The minimum Gasteiger partial charge on any atom is -0.356 e. The van der Waals surface area contributed by atoms with Crippen molar-refractivity contribution in [3.8, 4) is 0 Å². The van der Waals surface area contributed by atoms with E-state index >= 15 is 0 Å². The van der Waals surface area contributed by atoms with Crippen molar-refractivity contribution in [2.24, 2.45) is 4.99 Å². The molecular weight excluding hydrogens is 483 g/mol. The Bertz CT molecular complexity index is 551. The molecule has 2 N–H and O–H groups in total. The Kier molecular flexibility index (Phi) is 12.1. The minimum atomic E-state index is -0.00892. The van der Waals surface area contributed by atoms with Gasteiger partial charge in [-0.15, -0.1) is 24.0 Å². The van der Waals surface area contributed by atoms with E-state index in [1.165, 1.54) is 0 Å². The number of guanidine groups is 1. The van der Waals surface area contributed by atoms with Gasteiger partial charge in [-0.25, -0.2) is 0 Å². The number of aliphatic imine (C=N–C) groups is 1. The van der Waals surface area contributed by atoms with Crippen LogP contribution in [-0.2, 0) is 4.79 Å². The van der Waals surface area contributed by atoms with Crippen molar-refractivity contribution in [1.82, 2.24) is 10.2 Å². The monoisotopic (exact) mass is 510 g/mol. The molecule has 1 rings (SSSR count). The maximum Gasteiger partial charge on any atom is 0.226 e. The summed E-state index contributed by atoms with van der Waals surface area (Å²) in [5, 5.41) is 6.17. The van der Waals surface area contributed by atoms with Crippen molar-refractivity contribution in [2.75, 3.05) is 32.5 Å². The van der Waals surface area contributed by atoms with Crippen LogP contribution < -0.4 is 10.6 Å². The molecule has 7 heteroatoms. The molecule has 0 spiro atoms. The van der Waals surface area contributed by atoms with E-state index in [1.54, 1.807) is 7.05 Å². The molecule has 136 valence electrons. The van der Waals surface area contributed by atoms with E-state index in [2.05, 4.69) is 43.4 Å². The van der Waals surface area contributed by atoms with Crippen LogP contribution in [0.4, 0.5) is 5.69 Å². The lowest BCUT2D eigenvalue weighted by molar-refractivity contribution is -0.116. The van der Waals surface area contributed by atoms with Crippen molar-refractivity contribution >= 4 is 57.5 Å². The molecule has 24 heavy (non-hydrogen) atoms. The fourth-order valence-corrected chi connectivity index (χ4v) is 2.48. The van der Waals surface area contributed by atoms with E-state index in [1.807, 2.05) is 32.2 Å². The first-order valence-electron chi connectivity index (χ1n) is 7.95.